The number of sulfonamides is 1. The first kappa shape index (κ1) is 27.0. The predicted octanol–water partition coefficient (Wildman–Crippen LogP) is 4.23. The fourth-order valence-electron chi connectivity index (χ4n) is 3.66. The maximum absolute atomic E-state index is 13.2. The molecule has 1 amide bonds. The minimum Gasteiger partial charge on any atom is -0.379 e. The topological polar surface area (TPSA) is 116 Å². The van der Waals surface area contributed by atoms with Gasteiger partial charge >= 0.3 is 0 Å². The Morgan fingerprint density at radius 1 is 1.05 bits per heavy atom. The average Bonchev–Trinajstić information content (AvgIpc) is 2.90. The highest BCUT2D eigenvalue weighted by Gasteiger charge is 2.26. The molecule has 12 heteroatoms. The molecular formula is C25H24ClN3O6S2. The number of carbonyl (C=O) groups is 1. The summed E-state index contributed by atoms with van der Waals surface area (Å²) in [5.41, 5.74) is 1.34. The highest BCUT2D eigenvalue weighted by molar-refractivity contribution is 7.89. The van der Waals surface area contributed by atoms with Crippen LogP contribution in [0.3, 0.4) is 0 Å². The summed E-state index contributed by atoms with van der Waals surface area (Å²) < 4.78 is 55.4. The van der Waals surface area contributed by atoms with Gasteiger partial charge in [-0.15, -0.1) is 0 Å². The monoisotopic (exact) mass is 561 g/mol. The van der Waals surface area contributed by atoms with E-state index in [0.29, 0.717) is 18.9 Å². The van der Waals surface area contributed by atoms with E-state index >= 15 is 0 Å². The molecule has 0 bridgehead atoms. The molecule has 1 saturated heterocycles. The Morgan fingerprint density at radius 2 is 1.73 bits per heavy atom. The second kappa shape index (κ2) is 12.0. The van der Waals surface area contributed by atoms with Gasteiger partial charge in [-0.3, -0.25) is 9.35 Å². The average molecular weight is 562 g/mol. The SMILES string of the molecule is O=C(Nc1ccc(S(=O)(=O)N2CCOCC2)cc1)c1cc(Cl)ccc1N(C=Cc1ccccc1)S(=O)O. The van der Waals surface area contributed by atoms with E-state index in [0.717, 1.165) is 9.87 Å². The van der Waals surface area contributed by atoms with Crippen LogP contribution in [-0.2, 0) is 26.0 Å². The lowest BCUT2D eigenvalue weighted by atomic mass is 10.1. The van der Waals surface area contributed by atoms with Crippen LogP contribution in [-0.4, -0.2) is 53.7 Å². The van der Waals surface area contributed by atoms with E-state index in [-0.39, 0.29) is 34.3 Å². The molecule has 4 rings (SSSR count). The van der Waals surface area contributed by atoms with E-state index < -0.39 is 27.2 Å². The molecule has 1 aliphatic rings. The van der Waals surface area contributed by atoms with E-state index in [9.17, 15) is 22.0 Å². The molecule has 1 fully saturated rings. The molecule has 0 radical (unpaired) electrons. The Morgan fingerprint density at radius 3 is 2.38 bits per heavy atom. The molecule has 0 spiro atoms. The summed E-state index contributed by atoms with van der Waals surface area (Å²) in [4.78, 5) is 13.3. The lowest BCUT2D eigenvalue weighted by molar-refractivity contribution is 0.0730. The van der Waals surface area contributed by atoms with Crippen molar-refractivity contribution in [2.75, 3.05) is 35.9 Å². The van der Waals surface area contributed by atoms with Gasteiger partial charge in [0.05, 0.1) is 29.4 Å². The summed E-state index contributed by atoms with van der Waals surface area (Å²) in [6, 6.07) is 19.3. The Hall–Kier alpha value is -3.06. The molecule has 0 aromatic heterocycles. The van der Waals surface area contributed by atoms with E-state index in [4.69, 9.17) is 16.3 Å². The van der Waals surface area contributed by atoms with E-state index in [1.165, 1.54) is 53.0 Å². The van der Waals surface area contributed by atoms with Crippen molar-refractivity contribution in [3.8, 4) is 0 Å². The summed E-state index contributed by atoms with van der Waals surface area (Å²) in [5, 5.41) is 2.95. The Labute approximate surface area is 222 Å². The third-order valence-electron chi connectivity index (χ3n) is 5.53. The number of carbonyl (C=O) groups excluding carboxylic acids is 1. The van der Waals surface area contributed by atoms with Crippen LogP contribution in [0, 0.1) is 0 Å². The second-order valence-electron chi connectivity index (χ2n) is 7.94. The highest BCUT2D eigenvalue weighted by Crippen LogP contribution is 2.28. The zero-order valence-corrected chi connectivity index (χ0v) is 21.9. The van der Waals surface area contributed by atoms with Gasteiger partial charge in [0.15, 0.2) is 0 Å². The minimum atomic E-state index is -3.67. The molecule has 1 aliphatic heterocycles. The fraction of sp³-hybridized carbons (Fsp3) is 0.160. The molecule has 9 nitrogen and oxygen atoms in total. The molecule has 0 aliphatic carbocycles. The van der Waals surface area contributed by atoms with Gasteiger partial charge < -0.3 is 10.1 Å². The molecular weight excluding hydrogens is 538 g/mol. The minimum absolute atomic E-state index is 0.0534. The number of halogens is 1. The van der Waals surface area contributed by atoms with Crippen LogP contribution in [0.25, 0.3) is 6.08 Å². The summed E-state index contributed by atoms with van der Waals surface area (Å²) in [7, 11) is -3.67. The van der Waals surface area contributed by atoms with Gasteiger partial charge in [0.25, 0.3) is 17.2 Å². The number of rotatable bonds is 8. The largest absolute Gasteiger partial charge is 0.379 e. The van der Waals surface area contributed by atoms with Crippen molar-refractivity contribution in [3.63, 3.8) is 0 Å². The zero-order chi connectivity index (χ0) is 26.4. The van der Waals surface area contributed by atoms with Crippen LogP contribution in [0.4, 0.5) is 11.4 Å². The third kappa shape index (κ3) is 6.63. The van der Waals surface area contributed by atoms with Gasteiger partial charge in [0.1, 0.15) is 0 Å². The van der Waals surface area contributed by atoms with Crippen molar-refractivity contribution in [3.05, 3.63) is 95.1 Å². The van der Waals surface area contributed by atoms with Gasteiger partial charge in [0, 0.05) is 30.0 Å². The van der Waals surface area contributed by atoms with Crippen molar-refractivity contribution in [1.82, 2.24) is 4.31 Å². The van der Waals surface area contributed by atoms with Crippen molar-refractivity contribution < 1.29 is 26.7 Å². The molecule has 3 aromatic carbocycles. The van der Waals surface area contributed by atoms with Crippen LogP contribution in [0.1, 0.15) is 15.9 Å². The number of nitrogens with zero attached hydrogens (tertiary/aromatic N) is 2. The number of ether oxygens (including phenoxy) is 1. The second-order valence-corrected chi connectivity index (χ2v) is 11.2. The van der Waals surface area contributed by atoms with Gasteiger partial charge in [-0.2, -0.15) is 4.31 Å². The van der Waals surface area contributed by atoms with Crippen molar-refractivity contribution in [1.29, 1.82) is 0 Å². The number of nitrogens with one attached hydrogen (secondary N) is 1. The van der Waals surface area contributed by atoms with Crippen LogP contribution in [0.2, 0.25) is 5.02 Å². The molecule has 3 aromatic rings. The molecule has 2 N–H and O–H groups in total. The van der Waals surface area contributed by atoms with Gasteiger partial charge in [-0.05, 0) is 54.1 Å². The zero-order valence-electron chi connectivity index (χ0n) is 19.5. The summed E-state index contributed by atoms with van der Waals surface area (Å²) in [5.74, 6) is -0.593. The molecule has 194 valence electrons. The Balaban J connectivity index is 1.57. The first-order valence-corrected chi connectivity index (χ1v) is 14.1. The molecule has 1 atom stereocenters. The maximum atomic E-state index is 13.2. The molecule has 37 heavy (non-hydrogen) atoms. The summed E-state index contributed by atoms with van der Waals surface area (Å²) >= 11 is 3.65. The smallest absolute Gasteiger partial charge is 0.266 e. The van der Waals surface area contributed by atoms with Crippen LogP contribution >= 0.6 is 11.6 Å². The molecule has 1 unspecified atom stereocenters. The van der Waals surface area contributed by atoms with E-state index in [2.05, 4.69) is 5.32 Å². The molecule has 1 heterocycles. The number of anilines is 2. The Kier molecular flexibility index (Phi) is 8.75. The number of amides is 1. The van der Waals surface area contributed by atoms with Crippen LogP contribution in [0.5, 0.6) is 0 Å². The normalized spacial score (nSPS) is 15.4. The van der Waals surface area contributed by atoms with Gasteiger partial charge in [0.2, 0.25) is 10.0 Å². The van der Waals surface area contributed by atoms with Crippen LogP contribution in [0.15, 0.2) is 83.9 Å². The quantitative estimate of drug-likeness (QED) is 0.398. The fourth-order valence-corrected chi connectivity index (χ4v) is 5.73. The van der Waals surface area contributed by atoms with Crippen LogP contribution < -0.4 is 9.62 Å². The third-order valence-corrected chi connectivity index (χ3v) is 8.33. The Bertz CT molecular complexity index is 1410. The summed E-state index contributed by atoms with van der Waals surface area (Å²) in [6.45, 7) is 1.23. The van der Waals surface area contributed by atoms with Gasteiger partial charge in [-0.1, -0.05) is 41.9 Å². The number of benzene rings is 3. The number of morpholine rings is 1. The van der Waals surface area contributed by atoms with Gasteiger partial charge in [-0.25, -0.2) is 16.9 Å². The first-order valence-electron chi connectivity index (χ1n) is 11.2. The maximum Gasteiger partial charge on any atom is 0.266 e. The lowest BCUT2D eigenvalue weighted by Gasteiger charge is -2.26. The van der Waals surface area contributed by atoms with Crippen molar-refractivity contribution in [2.45, 2.75) is 4.90 Å². The van der Waals surface area contributed by atoms with E-state index in [1.54, 1.807) is 6.08 Å². The first-order chi connectivity index (χ1) is 17.8. The van der Waals surface area contributed by atoms with Crippen molar-refractivity contribution in [2.24, 2.45) is 0 Å². The summed E-state index contributed by atoms with van der Waals surface area (Å²) in [6.07, 6.45) is 3.04. The standard InChI is InChI=1S/C25H24ClN3O6S2/c26-20-6-11-24(29(36(31)32)13-12-19-4-2-1-3-5-19)23(18-20)25(30)27-21-7-9-22(10-8-21)37(33,34)28-14-16-35-17-15-28/h1-13,18H,14-17H2,(H,27,30)(H,31,32). The van der Waals surface area contributed by atoms with E-state index in [1.807, 2.05) is 30.3 Å². The molecule has 0 saturated carbocycles. The number of hydrogen-bond acceptors (Lipinski definition) is 5. The highest BCUT2D eigenvalue weighted by atomic mass is 35.5. The predicted molar refractivity (Wildman–Crippen MR) is 144 cm³/mol. The lowest BCUT2D eigenvalue weighted by Crippen LogP contribution is -2.40. The van der Waals surface area contributed by atoms with Crippen molar-refractivity contribution >= 4 is 56.2 Å². The number of hydrogen-bond donors (Lipinski definition) is 2.